The third-order valence-electron chi connectivity index (χ3n) is 3.49. The fraction of sp³-hybridized carbons (Fsp3) is 0.909. The van der Waals surface area contributed by atoms with Crippen LogP contribution in [0.1, 0.15) is 12.8 Å². The topological polar surface area (TPSA) is 83.9 Å². The molecule has 1 amide bonds. The minimum absolute atomic E-state index is 0.0288. The van der Waals surface area contributed by atoms with E-state index in [1.54, 1.807) is 4.90 Å². The predicted molar refractivity (Wildman–Crippen MR) is 64.8 cm³/mol. The highest BCUT2D eigenvalue weighted by molar-refractivity contribution is 7.91. The van der Waals surface area contributed by atoms with E-state index < -0.39 is 9.84 Å². The van der Waals surface area contributed by atoms with Crippen molar-refractivity contribution in [1.82, 2.24) is 4.90 Å². The third-order valence-corrected chi connectivity index (χ3v) is 5.32. The highest BCUT2D eigenvalue weighted by Crippen LogP contribution is 2.22. The van der Waals surface area contributed by atoms with Gasteiger partial charge in [-0.05, 0) is 12.3 Å². The van der Waals surface area contributed by atoms with Gasteiger partial charge in [-0.1, -0.05) is 0 Å². The molecule has 104 valence electrons. The second kappa shape index (κ2) is 5.54. The van der Waals surface area contributed by atoms with Gasteiger partial charge in [0.1, 0.15) is 0 Å². The molecule has 18 heavy (non-hydrogen) atoms. The quantitative estimate of drug-likeness (QED) is 0.717. The molecular weight excluding hydrogens is 258 g/mol. The highest BCUT2D eigenvalue weighted by atomic mass is 32.2. The number of hydrogen-bond acceptors (Lipinski definition) is 5. The van der Waals surface area contributed by atoms with Crippen molar-refractivity contribution in [3.63, 3.8) is 0 Å². The standard InChI is InChI=1S/C11H19NO5S/c13-7-10-6-12(2-3-17-10)11(14)5-9-1-4-18(15,16)8-9/h9-10,13H,1-8H2. The summed E-state index contributed by atoms with van der Waals surface area (Å²) in [5.74, 6) is 0.261. The van der Waals surface area contributed by atoms with Gasteiger partial charge in [0.15, 0.2) is 9.84 Å². The number of rotatable bonds is 3. The van der Waals surface area contributed by atoms with Gasteiger partial charge < -0.3 is 14.7 Å². The van der Waals surface area contributed by atoms with Gasteiger partial charge in [0.05, 0.1) is 30.8 Å². The maximum absolute atomic E-state index is 12.0. The number of sulfone groups is 1. The molecule has 2 saturated heterocycles. The van der Waals surface area contributed by atoms with E-state index >= 15 is 0 Å². The lowest BCUT2D eigenvalue weighted by molar-refractivity contribution is -0.141. The number of morpholine rings is 1. The molecule has 6 nitrogen and oxygen atoms in total. The number of aliphatic hydroxyl groups is 1. The second-order valence-electron chi connectivity index (χ2n) is 4.99. The summed E-state index contributed by atoms with van der Waals surface area (Å²) in [5, 5.41) is 9.00. The zero-order valence-corrected chi connectivity index (χ0v) is 11.1. The minimum atomic E-state index is -2.92. The van der Waals surface area contributed by atoms with Crippen LogP contribution in [0.15, 0.2) is 0 Å². The Kier molecular flexibility index (Phi) is 4.24. The number of ether oxygens (including phenoxy) is 1. The van der Waals surface area contributed by atoms with E-state index in [1.165, 1.54) is 0 Å². The van der Waals surface area contributed by atoms with Crippen LogP contribution in [0, 0.1) is 5.92 Å². The number of aliphatic hydroxyl groups excluding tert-OH is 1. The lowest BCUT2D eigenvalue weighted by Crippen LogP contribution is -2.47. The summed E-state index contributed by atoms with van der Waals surface area (Å²) in [6.07, 6.45) is 0.564. The van der Waals surface area contributed by atoms with Crippen molar-refractivity contribution in [1.29, 1.82) is 0 Å². The van der Waals surface area contributed by atoms with E-state index in [0.717, 1.165) is 0 Å². The van der Waals surface area contributed by atoms with Gasteiger partial charge in [-0.2, -0.15) is 0 Å². The molecular formula is C11H19NO5S. The summed E-state index contributed by atoms with van der Waals surface area (Å²) >= 11 is 0. The highest BCUT2D eigenvalue weighted by Gasteiger charge is 2.32. The molecule has 2 heterocycles. The van der Waals surface area contributed by atoms with Gasteiger partial charge in [0.2, 0.25) is 5.91 Å². The Hall–Kier alpha value is -0.660. The molecule has 0 aromatic heterocycles. The summed E-state index contributed by atoms with van der Waals surface area (Å²) in [4.78, 5) is 13.7. The molecule has 7 heteroatoms. The second-order valence-corrected chi connectivity index (χ2v) is 7.22. The van der Waals surface area contributed by atoms with Gasteiger partial charge >= 0.3 is 0 Å². The van der Waals surface area contributed by atoms with Crippen LogP contribution in [0.3, 0.4) is 0 Å². The monoisotopic (exact) mass is 277 g/mol. The molecule has 2 fully saturated rings. The molecule has 2 aliphatic heterocycles. The predicted octanol–water partition coefficient (Wildman–Crippen LogP) is -0.969. The normalized spacial score (nSPS) is 31.5. The van der Waals surface area contributed by atoms with Crippen molar-refractivity contribution in [2.75, 3.05) is 37.8 Å². The largest absolute Gasteiger partial charge is 0.394 e. The van der Waals surface area contributed by atoms with E-state index in [9.17, 15) is 13.2 Å². The van der Waals surface area contributed by atoms with Crippen molar-refractivity contribution >= 4 is 15.7 Å². The first kappa shape index (κ1) is 13.8. The van der Waals surface area contributed by atoms with Gasteiger partial charge in [-0.15, -0.1) is 0 Å². The molecule has 2 unspecified atom stereocenters. The van der Waals surface area contributed by atoms with Crippen molar-refractivity contribution in [2.24, 2.45) is 5.92 Å². The Morgan fingerprint density at radius 2 is 2.22 bits per heavy atom. The van der Waals surface area contributed by atoms with Crippen molar-refractivity contribution in [2.45, 2.75) is 18.9 Å². The molecule has 0 aromatic rings. The molecule has 0 radical (unpaired) electrons. The summed E-state index contributed by atoms with van der Waals surface area (Å²) in [6, 6.07) is 0. The zero-order valence-electron chi connectivity index (χ0n) is 10.2. The fourth-order valence-electron chi connectivity index (χ4n) is 2.47. The van der Waals surface area contributed by atoms with Crippen LogP contribution >= 0.6 is 0 Å². The van der Waals surface area contributed by atoms with Crippen LogP contribution in [0.25, 0.3) is 0 Å². The lowest BCUT2D eigenvalue weighted by atomic mass is 10.0. The Morgan fingerprint density at radius 1 is 1.44 bits per heavy atom. The molecule has 2 aliphatic rings. The van der Waals surface area contributed by atoms with E-state index in [2.05, 4.69) is 0 Å². The number of carbonyl (C=O) groups excluding carboxylic acids is 1. The van der Waals surface area contributed by atoms with Crippen LogP contribution < -0.4 is 0 Å². The van der Waals surface area contributed by atoms with Crippen LogP contribution in [-0.2, 0) is 19.4 Å². The lowest BCUT2D eigenvalue weighted by Gasteiger charge is -2.32. The molecule has 2 rings (SSSR count). The van der Waals surface area contributed by atoms with Gasteiger partial charge in [-0.3, -0.25) is 4.79 Å². The first-order chi connectivity index (χ1) is 8.50. The van der Waals surface area contributed by atoms with Crippen LogP contribution in [0.5, 0.6) is 0 Å². The third kappa shape index (κ3) is 3.43. The molecule has 0 bridgehead atoms. The average molecular weight is 277 g/mol. The van der Waals surface area contributed by atoms with Crippen molar-refractivity contribution < 1.29 is 23.1 Å². The number of hydrogen-bond donors (Lipinski definition) is 1. The number of carbonyl (C=O) groups is 1. The fourth-order valence-corrected chi connectivity index (χ4v) is 4.33. The van der Waals surface area contributed by atoms with Crippen molar-refractivity contribution in [3.05, 3.63) is 0 Å². The summed E-state index contributed by atoms with van der Waals surface area (Å²) < 4.78 is 27.9. The number of nitrogens with zero attached hydrogens (tertiary/aromatic N) is 1. The molecule has 0 aliphatic carbocycles. The SMILES string of the molecule is O=C(CC1CCS(=O)(=O)C1)N1CCOC(CO)C1. The van der Waals surface area contributed by atoms with Gasteiger partial charge in [0.25, 0.3) is 0 Å². The Labute approximate surface area is 107 Å². The van der Waals surface area contributed by atoms with E-state index in [-0.39, 0.29) is 42.5 Å². The van der Waals surface area contributed by atoms with Crippen LogP contribution in [0.4, 0.5) is 0 Å². The van der Waals surface area contributed by atoms with E-state index in [0.29, 0.717) is 26.1 Å². The molecule has 0 spiro atoms. The molecule has 0 aromatic carbocycles. The molecule has 2 atom stereocenters. The number of amides is 1. The smallest absolute Gasteiger partial charge is 0.223 e. The average Bonchev–Trinajstić information content (AvgIpc) is 2.68. The summed E-state index contributed by atoms with van der Waals surface area (Å²) in [5.41, 5.74) is 0. The maximum atomic E-state index is 12.0. The van der Waals surface area contributed by atoms with Gasteiger partial charge in [0, 0.05) is 19.5 Å². The maximum Gasteiger partial charge on any atom is 0.223 e. The summed E-state index contributed by atoms with van der Waals surface area (Å²) in [6.45, 7) is 1.26. The first-order valence-electron chi connectivity index (χ1n) is 6.21. The Bertz CT molecular complexity index is 408. The van der Waals surface area contributed by atoms with Crippen molar-refractivity contribution in [3.8, 4) is 0 Å². The minimum Gasteiger partial charge on any atom is -0.394 e. The van der Waals surface area contributed by atoms with Crippen LogP contribution in [0.2, 0.25) is 0 Å². The van der Waals surface area contributed by atoms with Gasteiger partial charge in [-0.25, -0.2) is 8.42 Å². The molecule has 0 saturated carbocycles. The zero-order chi connectivity index (χ0) is 13.2. The summed E-state index contributed by atoms with van der Waals surface area (Å²) in [7, 11) is -2.92. The van der Waals surface area contributed by atoms with E-state index in [4.69, 9.17) is 9.84 Å². The Balaban J connectivity index is 1.84. The van der Waals surface area contributed by atoms with E-state index in [1.807, 2.05) is 0 Å². The molecule has 1 N–H and O–H groups in total. The first-order valence-corrected chi connectivity index (χ1v) is 8.03. The Morgan fingerprint density at radius 3 is 2.83 bits per heavy atom. The van der Waals surface area contributed by atoms with Crippen LogP contribution in [-0.4, -0.2) is 68.2 Å².